The van der Waals surface area contributed by atoms with Crippen molar-refractivity contribution in [1.29, 1.82) is 0 Å². The molecule has 3 heterocycles. The highest BCUT2D eigenvalue weighted by atomic mass is 31.2. The normalized spacial score (nSPS) is 22.4. The largest absolute Gasteiger partial charge is 0.472 e. The van der Waals surface area contributed by atoms with E-state index in [1.54, 1.807) is 0 Å². The lowest BCUT2D eigenvalue weighted by Gasteiger charge is -2.47. The molecule has 2 amide bonds. The van der Waals surface area contributed by atoms with Crippen molar-refractivity contribution in [2.75, 3.05) is 19.8 Å². The summed E-state index contributed by atoms with van der Waals surface area (Å²) >= 11 is 0. The van der Waals surface area contributed by atoms with Gasteiger partial charge in [0.05, 0.1) is 44.5 Å². The number of unbranched alkanes of at least 4 members (excludes halogenated alkanes) is 50. The van der Waals surface area contributed by atoms with Gasteiger partial charge in [-0.15, -0.1) is 0 Å². The monoisotopic (exact) mass is 2070 g/mol. The first-order valence-electron chi connectivity index (χ1n) is 55.8. The second-order valence-electron chi connectivity index (χ2n) is 40.1. The van der Waals surface area contributed by atoms with Crippen LogP contribution in [-0.2, 0) is 104 Å². The van der Waals surface area contributed by atoms with Crippen molar-refractivity contribution in [2.45, 2.75) is 601 Å². The van der Waals surface area contributed by atoms with Crippen molar-refractivity contribution in [3.63, 3.8) is 0 Å². The molecule has 37 heteroatoms. The van der Waals surface area contributed by atoms with Gasteiger partial charge in [0.25, 0.3) is 0 Å². The quantitative estimate of drug-likeness (QED) is 0.0116. The van der Waals surface area contributed by atoms with Gasteiger partial charge in [-0.05, 0) is 57.8 Å². The van der Waals surface area contributed by atoms with Gasteiger partial charge >= 0.3 is 51.5 Å². The molecule has 3 aliphatic heterocycles. The van der Waals surface area contributed by atoms with E-state index < -0.39 is 238 Å². The maximum Gasteiger partial charge on any atom is 0.472 e. The van der Waals surface area contributed by atoms with Crippen LogP contribution in [0.1, 0.15) is 485 Å². The number of amides is 2. The van der Waals surface area contributed by atoms with E-state index in [-0.39, 0.29) is 44.9 Å². The predicted molar refractivity (Wildman–Crippen MR) is 538 cm³/mol. The minimum Gasteiger partial charge on any atom is -0.463 e. The Morgan fingerprint density at radius 2 is 0.599 bits per heavy atom. The zero-order chi connectivity index (χ0) is 104. The Balaban J connectivity index is 2.37. The number of rotatable bonds is 91. The predicted octanol–water partition coefficient (Wildman–Crippen LogP) is 18.7. The van der Waals surface area contributed by atoms with E-state index in [1.165, 1.54) is 19.3 Å². The molecule has 832 valence electrons. The number of carbonyl (C=O) groups is 8. The first-order valence-corrected chi connectivity index (χ1v) is 58.8. The van der Waals surface area contributed by atoms with Crippen molar-refractivity contribution >= 4 is 63.3 Å². The SMILES string of the molecule is CCCCCCCCCCCCCC(=O)O[C@H](CCCCCCCCCCC)CC(=O)O[C@@H]1[C@@H](NC(=O)C[C@@H](CCCCCCCCCCC)OC(=O)CCCCCCCCCCC)[C@H](OC[C@H]2O[C@H](OP(=O)(O)O)[C@H](NC(=O)C[C@H](O)CCCCCCCCCCC)[C@@H](OC(=O)C[C@H](O)CCCCCCCCCCC)[C@@H]2O)O[C@H](COC(=O)CCCC(=O)OC[C@H]2OC(O)[C@H](O)[C@@H](O)[C@@H]2O)[C@H]1OP(=O)(O)O. The molecule has 3 aliphatic rings. The molecule has 0 spiro atoms. The zero-order valence-electron chi connectivity index (χ0n) is 87.7. The van der Waals surface area contributed by atoms with Crippen LogP contribution in [0.25, 0.3) is 0 Å². The van der Waals surface area contributed by atoms with Crippen molar-refractivity contribution in [2.24, 2.45) is 0 Å². The average Bonchev–Trinajstić information content (AvgIpc) is 0.773. The third kappa shape index (κ3) is 64.8. The fourth-order valence-electron chi connectivity index (χ4n) is 18.5. The van der Waals surface area contributed by atoms with E-state index in [1.807, 2.05) is 0 Å². The molecule has 13 N–H and O–H groups in total. The van der Waals surface area contributed by atoms with E-state index >= 15 is 9.59 Å². The van der Waals surface area contributed by atoms with Gasteiger partial charge in [0.2, 0.25) is 11.8 Å². The van der Waals surface area contributed by atoms with Crippen LogP contribution in [0, 0.1) is 0 Å². The first kappa shape index (κ1) is 132. The molecule has 0 radical (unpaired) electrons. The highest BCUT2D eigenvalue weighted by molar-refractivity contribution is 7.46. The van der Waals surface area contributed by atoms with E-state index in [2.05, 4.69) is 52.2 Å². The first-order chi connectivity index (χ1) is 68.3. The van der Waals surface area contributed by atoms with Gasteiger partial charge in [-0.2, -0.15) is 0 Å². The lowest BCUT2D eigenvalue weighted by Crippen LogP contribution is -2.68. The summed E-state index contributed by atoms with van der Waals surface area (Å²) < 4.78 is 97.9. The molecule has 142 heavy (non-hydrogen) atoms. The number of carbonyl (C=O) groups excluding carboxylic acids is 8. The van der Waals surface area contributed by atoms with Crippen LogP contribution in [-0.4, -0.2) is 239 Å². The number of aliphatic hydroxyl groups is 7. The summed E-state index contributed by atoms with van der Waals surface area (Å²) in [5.74, 6) is -7.58. The van der Waals surface area contributed by atoms with E-state index in [0.717, 1.165) is 289 Å². The second-order valence-corrected chi connectivity index (χ2v) is 42.5. The smallest absolute Gasteiger partial charge is 0.463 e. The molecule has 0 aromatic rings. The molecule has 3 rings (SSSR count). The topological polar surface area (TPSA) is 528 Å². The number of ether oxygens (including phenoxy) is 10. The fraction of sp³-hybridized carbons (Fsp3) is 0.924. The molecule has 35 nitrogen and oxygen atoms in total. The van der Waals surface area contributed by atoms with E-state index in [4.69, 9.17) is 56.4 Å². The molecule has 0 saturated carbocycles. The fourth-order valence-corrected chi connectivity index (χ4v) is 19.5. The maximum absolute atomic E-state index is 15.5. The third-order valence-electron chi connectivity index (χ3n) is 26.9. The van der Waals surface area contributed by atoms with Crippen molar-refractivity contribution in [1.82, 2.24) is 10.6 Å². The van der Waals surface area contributed by atoms with Crippen molar-refractivity contribution in [3.8, 4) is 0 Å². The van der Waals surface area contributed by atoms with Gasteiger partial charge in [0, 0.05) is 25.7 Å². The number of esters is 6. The van der Waals surface area contributed by atoms with Crippen LogP contribution in [0.5, 0.6) is 0 Å². The number of hydrogen-bond donors (Lipinski definition) is 13. The Bertz CT molecular complexity index is 3340. The number of phosphoric ester groups is 2. The summed E-state index contributed by atoms with van der Waals surface area (Å²) in [6.45, 7) is 9.96. The van der Waals surface area contributed by atoms with E-state index in [0.29, 0.717) is 51.4 Å². The molecule has 0 aliphatic carbocycles. The summed E-state index contributed by atoms with van der Waals surface area (Å²) in [5.41, 5.74) is 0. The molecule has 0 bridgehead atoms. The molecular formula is C105H194N2O33P2. The molecule has 3 fully saturated rings. The average molecular weight is 2070 g/mol. The van der Waals surface area contributed by atoms with Gasteiger partial charge in [-0.1, -0.05) is 375 Å². The summed E-state index contributed by atoms with van der Waals surface area (Å²) in [6, 6.07) is -4.12. The number of phosphoric acid groups is 2. The number of nitrogens with one attached hydrogen (secondary N) is 2. The van der Waals surface area contributed by atoms with Crippen LogP contribution in [0.15, 0.2) is 0 Å². The number of hydrogen-bond acceptors (Lipinski definition) is 29. The zero-order valence-corrected chi connectivity index (χ0v) is 89.5. The van der Waals surface area contributed by atoms with Crippen LogP contribution < -0.4 is 10.6 Å². The summed E-state index contributed by atoms with van der Waals surface area (Å²) in [4.78, 5) is 158. The standard InChI is InChI=1S/C105H194N2O33P2/c1-7-13-19-25-31-37-38-44-50-56-62-69-91(115)133-82(67-60-54-48-42-35-29-23-17-11-5)75-93(117)138-102-95(107-87(111)74-81(66-59-53-47-41-34-28-22-16-10-4)132-90(114)68-61-55-49-43-36-30-24-18-12-6)104(136-85(100(102)139-141(123,124)125)78-130-89(113)71-63-70-88(112)129-76-83-96(118)98(120)99(121)103(122)134-83)131-77-84-97(119)101(137-92(116)73-80(109)65-58-52-46-40-33-27-21-15-9-3)94(105(135-84)140-142(126,127)128)106-86(110)72-79(108)64-57-51-45-39-32-26-20-14-8-2/h79-85,94-105,108-109,118-122H,7-78H2,1-6H3,(H,106,110)(H,107,111)(H2,123,124,125)(H2,126,127,128)/t79-,80-,81-,82-,83-,84-,85-,94-,95-,96-,97-,98+,99-,100-,101-,102-,103?,104-,105-/m1/s1. The molecule has 19 atom stereocenters. The number of aliphatic hydroxyl groups excluding tert-OH is 7. The third-order valence-corrected chi connectivity index (χ3v) is 27.9. The van der Waals surface area contributed by atoms with Crippen LogP contribution in [0.2, 0.25) is 0 Å². The van der Waals surface area contributed by atoms with E-state index in [9.17, 15) is 93.2 Å². The van der Waals surface area contributed by atoms with Crippen LogP contribution >= 0.6 is 15.6 Å². The Morgan fingerprint density at radius 1 is 0.289 bits per heavy atom. The minimum absolute atomic E-state index is 0.00582. The Hall–Kier alpha value is -4.46. The van der Waals surface area contributed by atoms with Crippen LogP contribution in [0.4, 0.5) is 0 Å². The van der Waals surface area contributed by atoms with Crippen LogP contribution in [0.3, 0.4) is 0 Å². The van der Waals surface area contributed by atoms with Gasteiger partial charge in [0.15, 0.2) is 31.1 Å². The minimum atomic E-state index is -5.93. The van der Waals surface area contributed by atoms with Crippen molar-refractivity contribution in [3.05, 3.63) is 0 Å². The Morgan fingerprint density at radius 3 is 0.993 bits per heavy atom. The Labute approximate surface area is 849 Å². The molecule has 0 aromatic heterocycles. The Kier molecular flexibility index (Phi) is 76.4. The second kappa shape index (κ2) is 82.3. The highest BCUT2D eigenvalue weighted by Crippen LogP contribution is 2.45. The molecule has 0 aromatic carbocycles. The summed E-state index contributed by atoms with van der Waals surface area (Å²) in [6.07, 6.45) is 18.8. The highest BCUT2D eigenvalue weighted by Gasteiger charge is 2.56. The molecule has 3 saturated heterocycles. The maximum atomic E-state index is 15.5. The van der Waals surface area contributed by atoms with Gasteiger partial charge in [-0.25, -0.2) is 9.13 Å². The molecule has 1 unspecified atom stereocenters. The van der Waals surface area contributed by atoms with Gasteiger partial charge in [0.1, 0.15) is 86.3 Å². The summed E-state index contributed by atoms with van der Waals surface area (Å²) in [5, 5.41) is 81.5. The lowest BCUT2D eigenvalue weighted by atomic mass is 9.95. The van der Waals surface area contributed by atoms with Gasteiger partial charge < -0.3 is 113 Å². The lowest BCUT2D eigenvalue weighted by molar-refractivity contribution is -0.297. The molecular weight excluding hydrogens is 1880 g/mol. The summed E-state index contributed by atoms with van der Waals surface area (Å²) in [7, 11) is -11.7. The van der Waals surface area contributed by atoms with Gasteiger partial charge in [-0.3, -0.25) is 47.4 Å². The van der Waals surface area contributed by atoms with Crippen molar-refractivity contribution < 1.29 is 159 Å².